The van der Waals surface area contributed by atoms with Crippen molar-refractivity contribution < 1.29 is 9.59 Å². The Kier molecular flexibility index (Phi) is 8.21. The van der Waals surface area contributed by atoms with Gasteiger partial charge in [-0.3, -0.25) is 28.9 Å². The maximum absolute atomic E-state index is 14.2. The molecule has 0 saturated heterocycles. The van der Waals surface area contributed by atoms with Crippen LogP contribution in [0.15, 0.2) is 96.6 Å². The average Bonchev–Trinajstić information content (AvgIpc) is 3.00. The van der Waals surface area contributed by atoms with Gasteiger partial charge in [0, 0.05) is 47.7 Å². The number of carbonyl (C=O) groups is 2. The number of carbonyl (C=O) groups excluding carboxylic acids is 2. The molecule has 8 heteroatoms. The maximum atomic E-state index is 14.2. The van der Waals surface area contributed by atoms with E-state index < -0.39 is 6.04 Å². The van der Waals surface area contributed by atoms with Gasteiger partial charge in [0.25, 0.3) is 11.5 Å². The van der Waals surface area contributed by atoms with E-state index in [2.05, 4.69) is 39.0 Å². The van der Waals surface area contributed by atoms with Gasteiger partial charge >= 0.3 is 0 Å². The number of para-hydroxylation sites is 1. The molecule has 208 valence electrons. The van der Waals surface area contributed by atoms with Crippen molar-refractivity contribution in [2.75, 3.05) is 6.54 Å². The largest absolute Gasteiger partial charge is 0.352 e. The topological polar surface area (TPSA) is 106 Å². The molecular formula is C34H29N5O3. The van der Waals surface area contributed by atoms with Crippen LogP contribution in [0.5, 0.6) is 0 Å². The number of pyridine rings is 3. The average molecular weight is 556 g/mol. The molecule has 0 saturated carbocycles. The summed E-state index contributed by atoms with van der Waals surface area (Å²) in [6.45, 7) is 7.44. The zero-order chi connectivity index (χ0) is 29.6. The number of hydrogen-bond donors (Lipinski definition) is 2. The number of benzene rings is 2. The summed E-state index contributed by atoms with van der Waals surface area (Å²) in [7, 11) is 0. The Morgan fingerprint density at radius 3 is 2.62 bits per heavy atom. The number of aryl methyl sites for hydroxylation is 1. The molecule has 0 aliphatic rings. The number of nitrogens with one attached hydrogen (secondary N) is 2. The molecule has 0 unspecified atom stereocenters. The van der Waals surface area contributed by atoms with Gasteiger partial charge in [-0.05, 0) is 61.7 Å². The molecule has 0 radical (unpaired) electrons. The first kappa shape index (κ1) is 28.0. The molecule has 0 spiro atoms. The Morgan fingerprint density at radius 1 is 1.05 bits per heavy atom. The number of fused-ring (bicyclic) bond motifs is 2. The summed E-state index contributed by atoms with van der Waals surface area (Å²) in [6, 6.07) is 19.9. The van der Waals surface area contributed by atoms with Crippen molar-refractivity contribution in [1.82, 2.24) is 25.2 Å². The fourth-order valence-corrected chi connectivity index (χ4v) is 4.87. The Bertz CT molecular complexity index is 1950. The highest BCUT2D eigenvalue weighted by atomic mass is 16.2. The third-order valence-corrected chi connectivity index (χ3v) is 6.90. The van der Waals surface area contributed by atoms with Crippen molar-refractivity contribution >= 4 is 33.5 Å². The molecule has 0 fully saturated rings. The predicted molar refractivity (Wildman–Crippen MR) is 164 cm³/mol. The third kappa shape index (κ3) is 5.67. The SMILES string of the molecule is C=CC(=O)NCCC#Cc1cccc2cc([C@H](C)NC(=O)c3c(C)ncc4cccnc34)n(-c3ccccc3)c(=O)c12. The minimum Gasteiger partial charge on any atom is -0.352 e. The van der Waals surface area contributed by atoms with Gasteiger partial charge < -0.3 is 10.6 Å². The van der Waals surface area contributed by atoms with Crippen LogP contribution >= 0.6 is 0 Å². The van der Waals surface area contributed by atoms with Crippen LogP contribution in [0.1, 0.15) is 46.7 Å². The van der Waals surface area contributed by atoms with Crippen LogP contribution in [0.4, 0.5) is 0 Å². The highest BCUT2D eigenvalue weighted by Gasteiger charge is 2.22. The van der Waals surface area contributed by atoms with E-state index in [0.717, 1.165) is 5.39 Å². The smallest absolute Gasteiger partial charge is 0.264 e. The minimum atomic E-state index is -0.545. The van der Waals surface area contributed by atoms with E-state index in [1.807, 2.05) is 67.6 Å². The molecule has 8 nitrogen and oxygen atoms in total. The van der Waals surface area contributed by atoms with Crippen LogP contribution in [-0.4, -0.2) is 32.9 Å². The summed E-state index contributed by atoms with van der Waals surface area (Å²) < 4.78 is 1.62. The van der Waals surface area contributed by atoms with Crippen molar-refractivity contribution in [3.63, 3.8) is 0 Å². The Labute approximate surface area is 243 Å². The van der Waals surface area contributed by atoms with Crippen LogP contribution in [-0.2, 0) is 4.79 Å². The Morgan fingerprint density at radius 2 is 1.83 bits per heavy atom. The first-order chi connectivity index (χ1) is 20.4. The summed E-state index contributed by atoms with van der Waals surface area (Å²) in [4.78, 5) is 48.0. The van der Waals surface area contributed by atoms with Gasteiger partial charge in [0.2, 0.25) is 5.91 Å². The van der Waals surface area contributed by atoms with Gasteiger partial charge in [0.05, 0.1) is 28.2 Å². The molecule has 2 aromatic carbocycles. The number of amides is 2. The molecule has 2 N–H and O–H groups in total. The molecular weight excluding hydrogens is 526 g/mol. The predicted octanol–water partition coefficient (Wildman–Crippen LogP) is 4.78. The van der Waals surface area contributed by atoms with Gasteiger partial charge in [0.1, 0.15) is 0 Å². The molecule has 5 aromatic rings. The first-order valence-corrected chi connectivity index (χ1v) is 13.5. The zero-order valence-corrected chi connectivity index (χ0v) is 23.3. The molecule has 2 amide bonds. The lowest BCUT2D eigenvalue weighted by atomic mass is 10.0. The zero-order valence-electron chi connectivity index (χ0n) is 23.3. The lowest BCUT2D eigenvalue weighted by molar-refractivity contribution is -0.116. The highest BCUT2D eigenvalue weighted by molar-refractivity contribution is 6.06. The second kappa shape index (κ2) is 12.3. The monoisotopic (exact) mass is 555 g/mol. The lowest BCUT2D eigenvalue weighted by Gasteiger charge is -2.22. The molecule has 1 atom stereocenters. The van der Waals surface area contributed by atoms with Gasteiger partial charge in [-0.1, -0.05) is 48.8 Å². The summed E-state index contributed by atoms with van der Waals surface area (Å²) in [6.07, 6.45) is 4.98. The normalized spacial score (nSPS) is 11.4. The number of nitrogens with zero attached hydrogens (tertiary/aromatic N) is 3. The maximum Gasteiger partial charge on any atom is 0.264 e. The molecule has 3 aromatic heterocycles. The van der Waals surface area contributed by atoms with Gasteiger partial charge in [0.15, 0.2) is 0 Å². The van der Waals surface area contributed by atoms with E-state index in [1.54, 1.807) is 30.0 Å². The van der Waals surface area contributed by atoms with E-state index >= 15 is 0 Å². The first-order valence-electron chi connectivity index (χ1n) is 13.5. The summed E-state index contributed by atoms with van der Waals surface area (Å²) in [5.41, 5.74) is 3.16. The second-order valence-electron chi connectivity index (χ2n) is 9.72. The molecule has 42 heavy (non-hydrogen) atoms. The van der Waals surface area contributed by atoms with Crippen LogP contribution in [0, 0.1) is 18.8 Å². The van der Waals surface area contributed by atoms with Crippen LogP contribution in [0.25, 0.3) is 27.4 Å². The van der Waals surface area contributed by atoms with E-state index in [9.17, 15) is 14.4 Å². The summed E-state index contributed by atoms with van der Waals surface area (Å²) in [5, 5.41) is 7.72. The van der Waals surface area contributed by atoms with E-state index in [-0.39, 0.29) is 17.4 Å². The Hall–Kier alpha value is -5.55. The van der Waals surface area contributed by atoms with Crippen molar-refractivity contribution in [3.8, 4) is 17.5 Å². The minimum absolute atomic E-state index is 0.246. The molecule has 5 rings (SSSR count). The van der Waals surface area contributed by atoms with Crippen molar-refractivity contribution in [3.05, 3.63) is 125 Å². The fourth-order valence-electron chi connectivity index (χ4n) is 4.87. The number of hydrogen-bond acceptors (Lipinski definition) is 5. The van der Waals surface area contributed by atoms with Crippen molar-refractivity contribution in [2.24, 2.45) is 0 Å². The molecule has 0 aliphatic carbocycles. The van der Waals surface area contributed by atoms with Crippen LogP contribution in [0.2, 0.25) is 0 Å². The van der Waals surface area contributed by atoms with Gasteiger partial charge in [-0.2, -0.15) is 0 Å². The fraction of sp³-hybridized carbons (Fsp3) is 0.147. The standard InChI is InChI=1S/C34H29N5O3/c1-4-29(40)35-18-9-8-12-24-13-10-14-25-20-28(39(34(42)31(24)25)27-16-6-5-7-17-27)22(2)38-33(41)30-23(3)37-21-26-15-11-19-36-32(26)30/h4-7,10-11,13-17,19-22H,1,9,18H2,2-3H3,(H,35,40)(H,38,41)/t22-/m0/s1. The van der Waals surface area contributed by atoms with E-state index in [0.29, 0.717) is 57.5 Å². The number of rotatable bonds is 7. The lowest BCUT2D eigenvalue weighted by Crippen LogP contribution is -2.32. The Balaban J connectivity index is 1.57. The van der Waals surface area contributed by atoms with Crippen LogP contribution < -0.4 is 16.2 Å². The number of aromatic nitrogens is 3. The van der Waals surface area contributed by atoms with Gasteiger partial charge in [-0.15, -0.1) is 0 Å². The van der Waals surface area contributed by atoms with Gasteiger partial charge in [-0.25, -0.2) is 0 Å². The quantitative estimate of drug-likeness (QED) is 0.171. The second-order valence-corrected chi connectivity index (χ2v) is 9.72. The van der Waals surface area contributed by atoms with E-state index in [1.165, 1.54) is 6.08 Å². The van der Waals surface area contributed by atoms with Crippen LogP contribution in [0.3, 0.4) is 0 Å². The summed E-state index contributed by atoms with van der Waals surface area (Å²) in [5.74, 6) is 5.56. The molecule has 0 aliphatic heterocycles. The molecule has 3 heterocycles. The van der Waals surface area contributed by atoms with Crippen molar-refractivity contribution in [2.45, 2.75) is 26.3 Å². The third-order valence-electron chi connectivity index (χ3n) is 6.90. The highest BCUT2D eigenvalue weighted by Crippen LogP contribution is 2.24. The summed E-state index contributed by atoms with van der Waals surface area (Å²) >= 11 is 0. The van der Waals surface area contributed by atoms with Crippen molar-refractivity contribution in [1.29, 1.82) is 0 Å². The van der Waals surface area contributed by atoms with E-state index in [4.69, 9.17) is 0 Å². The molecule has 0 bridgehead atoms.